The van der Waals surface area contributed by atoms with Gasteiger partial charge in [-0.05, 0) is 19.1 Å². The number of aromatic nitrogens is 2. The van der Waals surface area contributed by atoms with Gasteiger partial charge in [-0.2, -0.15) is 0 Å². The molecule has 2 aromatic heterocycles. The molecule has 1 aliphatic heterocycles. The van der Waals surface area contributed by atoms with Crippen molar-refractivity contribution in [1.82, 2.24) is 15.3 Å². The molecule has 1 fully saturated rings. The largest absolute Gasteiger partial charge is 0.378 e. The molecule has 0 unspecified atom stereocenters. The number of carbonyl (C=O) groups excluding carboxylic acids is 1. The van der Waals surface area contributed by atoms with Crippen molar-refractivity contribution < 1.29 is 9.53 Å². The molecule has 30 heavy (non-hydrogen) atoms. The van der Waals surface area contributed by atoms with Crippen LogP contribution in [0.1, 0.15) is 11.3 Å². The van der Waals surface area contributed by atoms with Crippen LogP contribution in [-0.4, -0.2) is 48.8 Å². The first-order valence-corrected chi connectivity index (χ1v) is 10.9. The number of urea groups is 1. The predicted molar refractivity (Wildman–Crippen MR) is 120 cm³/mol. The van der Waals surface area contributed by atoms with E-state index in [1.165, 1.54) is 5.56 Å². The smallest absolute Gasteiger partial charge is 0.319 e. The Morgan fingerprint density at radius 3 is 2.70 bits per heavy atom. The van der Waals surface area contributed by atoms with Gasteiger partial charge in [0.05, 0.1) is 30.8 Å². The van der Waals surface area contributed by atoms with E-state index in [1.54, 1.807) is 17.5 Å². The number of pyridine rings is 1. The summed E-state index contributed by atoms with van der Waals surface area (Å²) in [5, 5.41) is 8.74. The Balaban J connectivity index is 1.23. The second-order valence-electron chi connectivity index (χ2n) is 7.15. The Kier molecular flexibility index (Phi) is 6.56. The van der Waals surface area contributed by atoms with Crippen LogP contribution in [0.2, 0.25) is 0 Å². The van der Waals surface area contributed by atoms with Gasteiger partial charge in [0.2, 0.25) is 0 Å². The van der Waals surface area contributed by atoms with Crippen LogP contribution in [0.3, 0.4) is 0 Å². The van der Waals surface area contributed by atoms with E-state index < -0.39 is 0 Å². The van der Waals surface area contributed by atoms with Crippen molar-refractivity contribution in [2.24, 2.45) is 0 Å². The topological polar surface area (TPSA) is 79.4 Å². The number of aryl methyl sites for hydroxylation is 1. The molecule has 1 saturated heterocycles. The number of thiazole rings is 1. The molecule has 0 saturated carbocycles. The van der Waals surface area contributed by atoms with E-state index in [2.05, 4.69) is 56.7 Å². The lowest BCUT2D eigenvalue weighted by atomic mass is 10.2. The second-order valence-corrected chi connectivity index (χ2v) is 8.00. The van der Waals surface area contributed by atoms with E-state index in [0.29, 0.717) is 18.7 Å². The van der Waals surface area contributed by atoms with Crippen LogP contribution in [-0.2, 0) is 11.2 Å². The van der Waals surface area contributed by atoms with Crippen LogP contribution in [0, 0.1) is 6.92 Å². The van der Waals surface area contributed by atoms with E-state index in [1.807, 2.05) is 17.5 Å². The summed E-state index contributed by atoms with van der Waals surface area (Å²) in [5.74, 6) is 0.900. The molecule has 3 aromatic rings. The first-order chi connectivity index (χ1) is 14.7. The lowest BCUT2D eigenvalue weighted by molar-refractivity contribution is 0.122. The molecule has 4 rings (SSSR count). The van der Waals surface area contributed by atoms with Gasteiger partial charge in [-0.25, -0.2) is 14.8 Å². The molecule has 0 radical (unpaired) electrons. The molecule has 7 nitrogen and oxygen atoms in total. The summed E-state index contributed by atoms with van der Waals surface area (Å²) in [6, 6.07) is 11.9. The number of anilines is 2. The van der Waals surface area contributed by atoms with Gasteiger partial charge in [-0.1, -0.05) is 29.8 Å². The van der Waals surface area contributed by atoms with Crippen molar-refractivity contribution in [1.29, 1.82) is 0 Å². The predicted octanol–water partition coefficient (Wildman–Crippen LogP) is 3.71. The van der Waals surface area contributed by atoms with Crippen LogP contribution >= 0.6 is 11.3 Å². The third-order valence-electron chi connectivity index (χ3n) is 4.86. The highest BCUT2D eigenvalue weighted by atomic mass is 32.1. The minimum Gasteiger partial charge on any atom is -0.378 e. The van der Waals surface area contributed by atoms with Crippen molar-refractivity contribution in [3.8, 4) is 10.6 Å². The van der Waals surface area contributed by atoms with E-state index in [0.717, 1.165) is 48.4 Å². The average molecular weight is 424 g/mol. The van der Waals surface area contributed by atoms with E-state index in [9.17, 15) is 4.79 Å². The fraction of sp³-hybridized carbons (Fsp3) is 0.318. The molecule has 2 N–H and O–H groups in total. The van der Waals surface area contributed by atoms with Crippen LogP contribution in [0.5, 0.6) is 0 Å². The third-order valence-corrected chi connectivity index (χ3v) is 5.80. The molecule has 0 spiro atoms. The number of rotatable bonds is 6. The number of hydrogen-bond donors (Lipinski definition) is 2. The van der Waals surface area contributed by atoms with Gasteiger partial charge in [0.25, 0.3) is 0 Å². The Bertz CT molecular complexity index is 966. The molecule has 0 bridgehead atoms. The Morgan fingerprint density at radius 1 is 1.17 bits per heavy atom. The minimum absolute atomic E-state index is 0.245. The molecule has 2 amide bonds. The van der Waals surface area contributed by atoms with E-state index >= 15 is 0 Å². The summed E-state index contributed by atoms with van der Waals surface area (Å²) < 4.78 is 5.36. The summed E-state index contributed by atoms with van der Waals surface area (Å²) in [7, 11) is 0. The molecular weight excluding hydrogens is 398 g/mol. The molecular formula is C22H25N5O2S. The maximum absolute atomic E-state index is 12.2. The lowest BCUT2D eigenvalue weighted by Gasteiger charge is -2.27. The van der Waals surface area contributed by atoms with E-state index in [-0.39, 0.29) is 6.03 Å². The monoisotopic (exact) mass is 423 g/mol. The highest BCUT2D eigenvalue weighted by Crippen LogP contribution is 2.24. The summed E-state index contributed by atoms with van der Waals surface area (Å²) in [5.41, 5.74) is 4.00. The molecule has 3 heterocycles. The van der Waals surface area contributed by atoms with Gasteiger partial charge < -0.3 is 20.3 Å². The van der Waals surface area contributed by atoms with Gasteiger partial charge in [0, 0.05) is 37.0 Å². The van der Waals surface area contributed by atoms with Gasteiger partial charge in [-0.15, -0.1) is 11.3 Å². The van der Waals surface area contributed by atoms with Gasteiger partial charge >= 0.3 is 6.03 Å². The number of nitrogens with one attached hydrogen (secondary N) is 2. The Morgan fingerprint density at radius 2 is 1.97 bits per heavy atom. The summed E-state index contributed by atoms with van der Waals surface area (Å²) in [6.45, 7) is 5.70. The third kappa shape index (κ3) is 5.34. The van der Waals surface area contributed by atoms with Crippen LogP contribution in [0.15, 0.2) is 48.0 Å². The fourth-order valence-electron chi connectivity index (χ4n) is 3.17. The maximum atomic E-state index is 12.2. The summed E-state index contributed by atoms with van der Waals surface area (Å²) in [4.78, 5) is 23.4. The minimum atomic E-state index is -0.245. The van der Waals surface area contributed by atoms with E-state index in [4.69, 9.17) is 4.74 Å². The van der Waals surface area contributed by atoms with Crippen molar-refractivity contribution in [2.45, 2.75) is 13.3 Å². The van der Waals surface area contributed by atoms with Gasteiger partial charge in [-0.3, -0.25) is 0 Å². The number of hydrogen-bond acceptors (Lipinski definition) is 6. The zero-order chi connectivity index (χ0) is 20.8. The fourth-order valence-corrected chi connectivity index (χ4v) is 4.03. The van der Waals surface area contributed by atoms with Crippen molar-refractivity contribution in [3.05, 3.63) is 59.2 Å². The molecule has 8 heteroatoms. The lowest BCUT2D eigenvalue weighted by Crippen LogP contribution is -2.36. The molecule has 0 atom stereocenters. The van der Waals surface area contributed by atoms with Gasteiger partial charge in [0.1, 0.15) is 10.8 Å². The van der Waals surface area contributed by atoms with Crippen LogP contribution in [0.4, 0.5) is 16.3 Å². The number of morpholine rings is 1. The number of ether oxygens (including phenoxy) is 1. The van der Waals surface area contributed by atoms with Crippen molar-refractivity contribution >= 4 is 28.9 Å². The molecule has 1 aromatic carbocycles. The standard InChI is InChI=1S/C22H25N5O2S/c1-16-2-4-17(5-3-16)21-25-19(15-30-21)8-9-23-22(28)26-18-6-7-20(24-14-18)27-10-12-29-13-11-27/h2-7,14-15H,8-13H2,1H3,(H2,23,26,28). The Hall–Kier alpha value is -2.97. The zero-order valence-corrected chi connectivity index (χ0v) is 17.7. The first-order valence-electron chi connectivity index (χ1n) is 10.0. The molecule has 0 aliphatic carbocycles. The Labute approximate surface area is 180 Å². The van der Waals surface area contributed by atoms with Crippen molar-refractivity contribution in [2.75, 3.05) is 43.1 Å². The van der Waals surface area contributed by atoms with Gasteiger partial charge in [0.15, 0.2) is 0 Å². The highest BCUT2D eigenvalue weighted by molar-refractivity contribution is 7.13. The SMILES string of the molecule is Cc1ccc(-c2nc(CCNC(=O)Nc3ccc(N4CCOCC4)nc3)cs2)cc1. The summed E-state index contributed by atoms with van der Waals surface area (Å²) in [6.07, 6.45) is 2.36. The normalized spacial score (nSPS) is 13.8. The number of amides is 2. The zero-order valence-electron chi connectivity index (χ0n) is 16.9. The second kappa shape index (κ2) is 9.69. The van der Waals surface area contributed by atoms with Crippen LogP contribution in [0.25, 0.3) is 10.6 Å². The molecule has 156 valence electrons. The average Bonchev–Trinajstić information content (AvgIpc) is 3.24. The quantitative estimate of drug-likeness (QED) is 0.632. The van der Waals surface area contributed by atoms with Crippen molar-refractivity contribution in [3.63, 3.8) is 0 Å². The first kappa shape index (κ1) is 20.3. The number of nitrogens with zero attached hydrogens (tertiary/aromatic N) is 3. The number of benzene rings is 1. The maximum Gasteiger partial charge on any atom is 0.319 e. The molecule has 1 aliphatic rings. The highest BCUT2D eigenvalue weighted by Gasteiger charge is 2.12. The summed E-state index contributed by atoms with van der Waals surface area (Å²) >= 11 is 1.62. The number of carbonyl (C=O) groups is 1. The van der Waals surface area contributed by atoms with Crippen LogP contribution < -0.4 is 15.5 Å².